The lowest BCUT2D eigenvalue weighted by molar-refractivity contribution is -0.385. The maximum Gasteiger partial charge on any atom is 0.276 e. The van der Waals surface area contributed by atoms with E-state index in [0.29, 0.717) is 12.0 Å². The van der Waals surface area contributed by atoms with Gasteiger partial charge in [0, 0.05) is 12.1 Å². The molecule has 6 heteroatoms. The van der Waals surface area contributed by atoms with Gasteiger partial charge in [-0.3, -0.25) is 14.9 Å². The van der Waals surface area contributed by atoms with Gasteiger partial charge >= 0.3 is 0 Å². The predicted molar refractivity (Wildman–Crippen MR) is 85.2 cm³/mol. The molecule has 0 aromatic heterocycles. The fourth-order valence-electron chi connectivity index (χ4n) is 2.11. The van der Waals surface area contributed by atoms with E-state index in [1.54, 1.807) is 18.2 Å². The molecule has 0 aliphatic heterocycles. The van der Waals surface area contributed by atoms with Crippen molar-refractivity contribution in [3.05, 3.63) is 46.0 Å². The van der Waals surface area contributed by atoms with Crippen LogP contribution < -0.4 is 5.32 Å². The van der Waals surface area contributed by atoms with Crippen LogP contribution in [0.25, 0.3) is 6.08 Å². The predicted octanol–water partition coefficient (Wildman–Crippen LogP) is 2.52. The molecule has 6 nitrogen and oxygen atoms in total. The van der Waals surface area contributed by atoms with Gasteiger partial charge in [0.1, 0.15) is 0 Å². The number of rotatable bonds is 6. The average molecular weight is 306 g/mol. The van der Waals surface area contributed by atoms with Crippen molar-refractivity contribution in [1.29, 1.82) is 0 Å². The van der Waals surface area contributed by atoms with E-state index in [1.165, 1.54) is 18.2 Å². The highest BCUT2D eigenvalue weighted by Gasteiger charge is 2.19. The molecule has 1 aromatic rings. The van der Waals surface area contributed by atoms with Crippen LogP contribution in [0.4, 0.5) is 5.69 Å². The molecule has 120 valence electrons. The fourth-order valence-corrected chi connectivity index (χ4v) is 2.11. The number of nitro groups is 1. The third-order valence-electron chi connectivity index (χ3n) is 2.97. The van der Waals surface area contributed by atoms with Gasteiger partial charge in [-0.15, -0.1) is 0 Å². The Morgan fingerprint density at radius 3 is 2.59 bits per heavy atom. The van der Waals surface area contributed by atoms with E-state index in [0.717, 1.165) is 0 Å². The quantitative estimate of drug-likeness (QED) is 0.480. The fraction of sp³-hybridized carbons (Fsp3) is 0.438. The number of carbonyl (C=O) groups is 1. The number of nitro benzene ring substituents is 1. The van der Waals surface area contributed by atoms with Crippen LogP contribution in [0, 0.1) is 15.5 Å². The summed E-state index contributed by atoms with van der Waals surface area (Å²) in [5.74, 6) is -0.388. The van der Waals surface area contributed by atoms with Crippen molar-refractivity contribution in [3.8, 4) is 0 Å². The number of aliphatic hydroxyl groups excluding tert-OH is 1. The first-order valence-corrected chi connectivity index (χ1v) is 7.06. The molecule has 0 fully saturated rings. The van der Waals surface area contributed by atoms with Gasteiger partial charge < -0.3 is 10.4 Å². The Balaban J connectivity index is 2.74. The molecule has 1 atom stereocenters. The summed E-state index contributed by atoms with van der Waals surface area (Å²) >= 11 is 0. The maximum absolute atomic E-state index is 11.9. The van der Waals surface area contributed by atoms with Crippen molar-refractivity contribution in [1.82, 2.24) is 5.32 Å². The molecule has 0 bridgehead atoms. The van der Waals surface area contributed by atoms with E-state index >= 15 is 0 Å². The average Bonchev–Trinajstić information content (AvgIpc) is 2.43. The van der Waals surface area contributed by atoms with Crippen molar-refractivity contribution in [3.63, 3.8) is 0 Å². The summed E-state index contributed by atoms with van der Waals surface area (Å²) in [5, 5.41) is 22.9. The molecular formula is C16H22N2O4. The van der Waals surface area contributed by atoms with Crippen molar-refractivity contribution >= 4 is 17.7 Å². The van der Waals surface area contributed by atoms with Crippen LogP contribution in [0.2, 0.25) is 0 Å². The Morgan fingerprint density at radius 2 is 2.05 bits per heavy atom. The monoisotopic (exact) mass is 306 g/mol. The lowest BCUT2D eigenvalue weighted by atomic mass is 9.88. The van der Waals surface area contributed by atoms with Gasteiger partial charge in [-0.25, -0.2) is 0 Å². The van der Waals surface area contributed by atoms with E-state index < -0.39 is 4.92 Å². The lowest BCUT2D eigenvalue weighted by Gasteiger charge is -2.24. The lowest BCUT2D eigenvalue weighted by Crippen LogP contribution is -2.39. The first-order valence-electron chi connectivity index (χ1n) is 7.06. The number of carbonyl (C=O) groups excluding carboxylic acids is 1. The van der Waals surface area contributed by atoms with Gasteiger partial charge in [0.05, 0.1) is 23.1 Å². The molecule has 2 N–H and O–H groups in total. The highest BCUT2D eigenvalue weighted by Crippen LogP contribution is 2.21. The minimum atomic E-state index is -0.492. The molecule has 0 saturated heterocycles. The molecule has 1 unspecified atom stereocenters. The Morgan fingerprint density at radius 1 is 1.41 bits per heavy atom. The number of hydrogen-bond donors (Lipinski definition) is 2. The summed E-state index contributed by atoms with van der Waals surface area (Å²) in [6.07, 6.45) is 3.28. The van der Waals surface area contributed by atoms with Crippen LogP contribution in [0.1, 0.15) is 32.8 Å². The summed E-state index contributed by atoms with van der Waals surface area (Å²) in [4.78, 5) is 22.3. The first kappa shape index (κ1) is 17.8. The van der Waals surface area contributed by atoms with Gasteiger partial charge in [0.2, 0.25) is 5.91 Å². The first-order chi connectivity index (χ1) is 10.2. The molecule has 22 heavy (non-hydrogen) atoms. The second-order valence-electron chi connectivity index (χ2n) is 6.30. The largest absolute Gasteiger partial charge is 0.394 e. The number of hydrogen-bond acceptors (Lipinski definition) is 4. The number of para-hydroxylation sites is 1. The molecule has 1 amide bonds. The summed E-state index contributed by atoms with van der Waals surface area (Å²) < 4.78 is 0. The van der Waals surface area contributed by atoms with Crippen molar-refractivity contribution in [2.45, 2.75) is 33.2 Å². The van der Waals surface area contributed by atoms with Crippen LogP contribution in [0.5, 0.6) is 0 Å². The number of nitrogens with zero attached hydrogens (tertiary/aromatic N) is 1. The molecule has 1 rings (SSSR count). The van der Waals surface area contributed by atoms with Crippen LogP contribution in [-0.2, 0) is 4.79 Å². The third kappa shape index (κ3) is 6.05. The molecule has 1 aromatic carbocycles. The van der Waals surface area contributed by atoms with Gasteiger partial charge in [-0.2, -0.15) is 0 Å². The maximum atomic E-state index is 11.9. The van der Waals surface area contributed by atoms with Crippen molar-refractivity contribution in [2.24, 2.45) is 5.41 Å². The topological polar surface area (TPSA) is 92.5 Å². The van der Waals surface area contributed by atoms with E-state index in [4.69, 9.17) is 0 Å². The second-order valence-corrected chi connectivity index (χ2v) is 6.30. The SMILES string of the molecule is CC(C)(C)CC(CO)NC(=O)/C=C/c1ccccc1[N+](=O)[O-]. The van der Waals surface area contributed by atoms with Gasteiger partial charge in [-0.1, -0.05) is 32.9 Å². The normalized spacial score (nSPS) is 13.1. The van der Waals surface area contributed by atoms with Crippen molar-refractivity contribution < 1.29 is 14.8 Å². The zero-order valence-corrected chi connectivity index (χ0v) is 13.1. The van der Waals surface area contributed by atoms with E-state index in [9.17, 15) is 20.0 Å². The molecule has 0 spiro atoms. The van der Waals surface area contributed by atoms with Gasteiger partial charge in [-0.05, 0) is 24.0 Å². The Hall–Kier alpha value is -2.21. The smallest absolute Gasteiger partial charge is 0.276 e. The van der Waals surface area contributed by atoms with Crippen LogP contribution in [-0.4, -0.2) is 28.6 Å². The number of aliphatic hydroxyl groups is 1. The molecule has 0 aliphatic rings. The summed E-state index contributed by atoms with van der Waals surface area (Å²) in [6, 6.07) is 5.85. The highest BCUT2D eigenvalue weighted by molar-refractivity contribution is 5.92. The Labute approximate surface area is 130 Å². The van der Waals surface area contributed by atoms with Crippen LogP contribution in [0.3, 0.4) is 0 Å². The second kappa shape index (κ2) is 7.70. The number of nitrogens with one attached hydrogen (secondary N) is 1. The zero-order valence-electron chi connectivity index (χ0n) is 13.1. The molecule has 0 aliphatic carbocycles. The summed E-state index contributed by atoms with van der Waals surface area (Å²) in [6.45, 7) is 5.91. The van der Waals surface area contributed by atoms with Gasteiger partial charge in [0.25, 0.3) is 5.69 Å². The van der Waals surface area contributed by atoms with E-state index in [-0.39, 0.29) is 29.7 Å². The number of amides is 1. The third-order valence-corrected chi connectivity index (χ3v) is 2.97. The number of benzene rings is 1. The Bertz CT molecular complexity index is 562. The van der Waals surface area contributed by atoms with E-state index in [1.807, 2.05) is 20.8 Å². The van der Waals surface area contributed by atoms with E-state index in [2.05, 4.69) is 5.32 Å². The standard InChI is InChI=1S/C16H22N2O4/c1-16(2,3)10-13(11-19)17-15(20)9-8-12-6-4-5-7-14(12)18(21)22/h4-9,13,19H,10-11H2,1-3H3,(H,17,20)/b9-8+. The van der Waals surface area contributed by atoms with Crippen LogP contribution >= 0.6 is 0 Å². The zero-order chi connectivity index (χ0) is 16.8. The van der Waals surface area contributed by atoms with Crippen LogP contribution in [0.15, 0.2) is 30.3 Å². The molecular weight excluding hydrogens is 284 g/mol. The Kier molecular flexibility index (Phi) is 6.24. The minimum Gasteiger partial charge on any atom is -0.394 e. The summed E-state index contributed by atoms with van der Waals surface area (Å²) in [5.41, 5.74) is 0.279. The molecule has 0 heterocycles. The summed E-state index contributed by atoms with van der Waals surface area (Å²) in [7, 11) is 0. The van der Waals surface area contributed by atoms with Crippen molar-refractivity contribution in [2.75, 3.05) is 6.61 Å². The minimum absolute atomic E-state index is 0.0252. The molecule has 0 radical (unpaired) electrons. The molecule has 0 saturated carbocycles. The van der Waals surface area contributed by atoms with Gasteiger partial charge in [0.15, 0.2) is 0 Å². The highest BCUT2D eigenvalue weighted by atomic mass is 16.6.